The van der Waals surface area contributed by atoms with Crippen molar-refractivity contribution in [3.8, 4) is 11.1 Å². The quantitative estimate of drug-likeness (QED) is 0.307. The summed E-state index contributed by atoms with van der Waals surface area (Å²) in [6.45, 7) is 2.78. The lowest BCUT2D eigenvalue weighted by Crippen LogP contribution is -2.36. The zero-order chi connectivity index (χ0) is 25.3. The van der Waals surface area contributed by atoms with E-state index in [1.807, 2.05) is 4.90 Å². The number of benzene rings is 3. The molecule has 4 rings (SSSR count). The average molecular weight is 481 g/mol. The van der Waals surface area contributed by atoms with E-state index in [0.29, 0.717) is 6.54 Å². The van der Waals surface area contributed by atoms with Gasteiger partial charge in [-0.1, -0.05) is 93.3 Å². The molecule has 1 saturated carbocycles. The number of rotatable bonds is 9. The van der Waals surface area contributed by atoms with E-state index in [4.69, 9.17) is 0 Å². The van der Waals surface area contributed by atoms with Gasteiger partial charge in [0.2, 0.25) is 5.91 Å². The number of nitrogens with zero attached hydrogens (tertiary/aromatic N) is 2. The number of amides is 1. The van der Waals surface area contributed by atoms with Crippen molar-refractivity contribution in [3.05, 3.63) is 90.0 Å². The summed E-state index contributed by atoms with van der Waals surface area (Å²) in [4.78, 5) is 17.9. The van der Waals surface area contributed by atoms with Crippen molar-refractivity contribution in [3.63, 3.8) is 0 Å². The molecular weight excluding hydrogens is 440 g/mol. The summed E-state index contributed by atoms with van der Waals surface area (Å²) in [7, 11) is 4.11. The fourth-order valence-corrected chi connectivity index (χ4v) is 4.99. The van der Waals surface area contributed by atoms with Crippen LogP contribution in [-0.4, -0.2) is 20.0 Å². The van der Waals surface area contributed by atoms with Crippen LogP contribution in [0.25, 0.3) is 17.2 Å². The summed E-state index contributed by atoms with van der Waals surface area (Å²) in [6.07, 6.45) is 12.2. The van der Waals surface area contributed by atoms with Gasteiger partial charge in [-0.15, -0.1) is 0 Å². The molecule has 0 aliphatic heterocycles. The van der Waals surface area contributed by atoms with Crippen molar-refractivity contribution < 1.29 is 4.79 Å². The smallest absolute Gasteiger partial charge is 0.230 e. The Morgan fingerprint density at radius 2 is 1.53 bits per heavy atom. The number of hydrogen-bond acceptors (Lipinski definition) is 2. The minimum absolute atomic E-state index is 0.132. The number of hydrogen-bond donors (Lipinski definition) is 0. The highest BCUT2D eigenvalue weighted by molar-refractivity contribution is 5.95. The van der Waals surface area contributed by atoms with Gasteiger partial charge in [-0.3, -0.25) is 4.79 Å². The normalized spacial score (nSPS) is 14.2. The van der Waals surface area contributed by atoms with E-state index in [1.54, 1.807) is 0 Å². The van der Waals surface area contributed by atoms with Crippen molar-refractivity contribution in [2.75, 3.05) is 23.9 Å². The van der Waals surface area contributed by atoms with Crippen molar-refractivity contribution in [2.24, 2.45) is 5.92 Å². The molecule has 0 unspecified atom stereocenters. The van der Waals surface area contributed by atoms with E-state index >= 15 is 0 Å². The molecule has 0 saturated heterocycles. The minimum Gasteiger partial charge on any atom is -0.378 e. The zero-order valence-corrected chi connectivity index (χ0v) is 22.1. The van der Waals surface area contributed by atoms with Gasteiger partial charge in [0.25, 0.3) is 0 Å². The Morgan fingerprint density at radius 1 is 0.861 bits per heavy atom. The van der Waals surface area contributed by atoms with E-state index in [9.17, 15) is 4.79 Å². The minimum atomic E-state index is 0.132. The third-order valence-corrected chi connectivity index (χ3v) is 7.18. The molecule has 36 heavy (non-hydrogen) atoms. The lowest BCUT2D eigenvalue weighted by Gasteiger charge is -2.30. The van der Waals surface area contributed by atoms with Gasteiger partial charge in [0.05, 0.1) is 6.54 Å². The van der Waals surface area contributed by atoms with Gasteiger partial charge in [-0.05, 0) is 65.8 Å². The SMILES string of the molecule is CCCC=Cc1cccc(N(Cc2ccc(-c3ccc(N(C)C)cc3)cc2)C(=O)C2CCCCC2)c1. The van der Waals surface area contributed by atoms with E-state index in [2.05, 4.69) is 111 Å². The van der Waals surface area contributed by atoms with Crippen LogP contribution >= 0.6 is 0 Å². The molecule has 0 bridgehead atoms. The third kappa shape index (κ3) is 6.66. The third-order valence-electron chi connectivity index (χ3n) is 7.18. The van der Waals surface area contributed by atoms with E-state index in [-0.39, 0.29) is 11.8 Å². The Hall–Kier alpha value is -3.33. The Morgan fingerprint density at radius 3 is 2.17 bits per heavy atom. The first-order valence-corrected chi connectivity index (χ1v) is 13.5. The second-order valence-corrected chi connectivity index (χ2v) is 10.2. The molecule has 1 fully saturated rings. The molecule has 1 aliphatic rings. The van der Waals surface area contributed by atoms with Crippen molar-refractivity contribution in [1.82, 2.24) is 0 Å². The highest BCUT2D eigenvalue weighted by Crippen LogP contribution is 2.30. The van der Waals surface area contributed by atoms with Crippen LogP contribution < -0.4 is 9.80 Å². The highest BCUT2D eigenvalue weighted by atomic mass is 16.2. The molecule has 1 aliphatic carbocycles. The highest BCUT2D eigenvalue weighted by Gasteiger charge is 2.27. The van der Waals surface area contributed by atoms with Crippen molar-refractivity contribution in [2.45, 2.75) is 58.4 Å². The van der Waals surface area contributed by atoms with Crippen molar-refractivity contribution in [1.29, 1.82) is 0 Å². The van der Waals surface area contributed by atoms with Crippen LogP contribution in [0.3, 0.4) is 0 Å². The molecular formula is C33H40N2O. The van der Waals surface area contributed by atoms with Crippen LogP contribution in [0.1, 0.15) is 63.0 Å². The molecule has 3 nitrogen and oxygen atoms in total. The first-order valence-electron chi connectivity index (χ1n) is 13.5. The first-order chi connectivity index (χ1) is 17.5. The van der Waals surface area contributed by atoms with Gasteiger partial charge in [-0.25, -0.2) is 0 Å². The number of anilines is 2. The zero-order valence-electron chi connectivity index (χ0n) is 22.1. The second-order valence-electron chi connectivity index (χ2n) is 10.2. The Kier molecular flexibility index (Phi) is 9.00. The van der Waals surface area contributed by atoms with Crippen LogP contribution in [0.2, 0.25) is 0 Å². The first kappa shape index (κ1) is 25.8. The number of carbonyl (C=O) groups excluding carboxylic acids is 1. The predicted molar refractivity (Wildman–Crippen MR) is 154 cm³/mol. The fraction of sp³-hybridized carbons (Fsp3) is 0.364. The van der Waals surface area contributed by atoms with Gasteiger partial charge in [0.15, 0.2) is 0 Å². The van der Waals surface area contributed by atoms with E-state index < -0.39 is 0 Å². The molecule has 0 N–H and O–H groups in total. The Labute approximate surface area is 217 Å². The summed E-state index contributed by atoms with van der Waals surface area (Å²) in [5.41, 5.74) is 6.89. The fourth-order valence-electron chi connectivity index (χ4n) is 4.99. The standard InChI is InChI=1S/C33H40N2O/c1-4-5-7-11-26-12-10-15-32(24-26)35(33(36)30-13-8-6-9-14-30)25-27-16-18-28(19-17-27)29-20-22-31(23-21-29)34(2)3/h7,10-12,15-24,30H,4-6,8-9,13-14,25H2,1-3H3. The molecule has 3 heteroatoms. The van der Waals surface area contributed by atoms with Crippen molar-refractivity contribution >= 4 is 23.4 Å². The molecule has 188 valence electrons. The van der Waals surface area contributed by atoms with Gasteiger partial charge in [-0.2, -0.15) is 0 Å². The molecule has 3 aromatic rings. The van der Waals surface area contributed by atoms with Crippen LogP contribution in [0.4, 0.5) is 11.4 Å². The number of carbonyl (C=O) groups is 1. The maximum Gasteiger partial charge on any atom is 0.230 e. The molecule has 0 spiro atoms. The van der Waals surface area contributed by atoms with E-state index in [1.165, 1.54) is 23.2 Å². The van der Waals surface area contributed by atoms with Gasteiger partial charge < -0.3 is 9.80 Å². The Bertz CT molecular complexity index is 1140. The molecule has 3 aromatic carbocycles. The van der Waals surface area contributed by atoms with Gasteiger partial charge in [0, 0.05) is 31.4 Å². The number of unbranched alkanes of at least 4 members (excludes halogenated alkanes) is 1. The largest absolute Gasteiger partial charge is 0.378 e. The molecule has 0 radical (unpaired) electrons. The maximum atomic E-state index is 13.8. The Balaban J connectivity index is 1.57. The average Bonchev–Trinajstić information content (AvgIpc) is 2.92. The second kappa shape index (κ2) is 12.6. The summed E-state index contributed by atoms with van der Waals surface area (Å²) in [6, 6.07) is 25.8. The lowest BCUT2D eigenvalue weighted by atomic mass is 9.88. The maximum absolute atomic E-state index is 13.8. The summed E-state index contributed by atoms with van der Waals surface area (Å²) >= 11 is 0. The summed E-state index contributed by atoms with van der Waals surface area (Å²) in [5.74, 6) is 0.403. The monoisotopic (exact) mass is 480 g/mol. The topological polar surface area (TPSA) is 23.6 Å². The van der Waals surface area contributed by atoms with Crippen LogP contribution in [0, 0.1) is 5.92 Å². The van der Waals surface area contributed by atoms with Gasteiger partial charge in [0.1, 0.15) is 0 Å². The molecule has 1 amide bonds. The van der Waals surface area contributed by atoms with Crippen LogP contribution in [0.15, 0.2) is 78.9 Å². The van der Waals surface area contributed by atoms with E-state index in [0.717, 1.165) is 55.3 Å². The predicted octanol–water partition coefficient (Wildman–Crippen LogP) is 8.35. The lowest BCUT2D eigenvalue weighted by molar-refractivity contribution is -0.123. The van der Waals surface area contributed by atoms with Crippen LogP contribution in [0.5, 0.6) is 0 Å². The number of allylic oxidation sites excluding steroid dienone is 1. The molecule has 0 aromatic heterocycles. The molecule has 0 heterocycles. The van der Waals surface area contributed by atoms with Crippen LogP contribution in [-0.2, 0) is 11.3 Å². The summed E-state index contributed by atoms with van der Waals surface area (Å²) in [5, 5.41) is 0. The van der Waals surface area contributed by atoms with Gasteiger partial charge >= 0.3 is 0 Å². The molecule has 0 atom stereocenters. The summed E-state index contributed by atoms with van der Waals surface area (Å²) < 4.78 is 0.